The standard InChI is InChI=1S/C28H31FN2O4S/c1-28(2,3)31(27(33)19-9-11-20(29)12-10-19)17-26(32)30-15-13-25-21(14-16-36-25)22(30)18-35-24-8-6-5-7-23(24)34-4/h5-12,14,16,22H,13,15,17-18H2,1-4H3/t22-/m0/s1. The first-order chi connectivity index (χ1) is 17.2. The van der Waals surface area contributed by atoms with Crippen LogP contribution in [0.1, 0.15) is 47.6 Å². The van der Waals surface area contributed by atoms with Crippen molar-refractivity contribution in [2.45, 2.75) is 38.8 Å². The fourth-order valence-electron chi connectivity index (χ4n) is 4.37. The number of methoxy groups -OCH3 is 1. The first kappa shape index (κ1) is 25.7. The van der Waals surface area contributed by atoms with Crippen LogP contribution in [0.5, 0.6) is 11.5 Å². The summed E-state index contributed by atoms with van der Waals surface area (Å²) in [6.07, 6.45) is 0.755. The molecule has 0 saturated heterocycles. The van der Waals surface area contributed by atoms with Crippen molar-refractivity contribution in [3.05, 3.63) is 81.8 Å². The van der Waals surface area contributed by atoms with Gasteiger partial charge in [-0.05, 0) is 80.6 Å². The van der Waals surface area contributed by atoms with Crippen molar-refractivity contribution in [1.82, 2.24) is 9.80 Å². The van der Waals surface area contributed by atoms with Crippen LogP contribution in [-0.2, 0) is 11.2 Å². The summed E-state index contributed by atoms with van der Waals surface area (Å²) >= 11 is 1.68. The Morgan fingerprint density at radius 3 is 2.44 bits per heavy atom. The molecule has 2 heterocycles. The summed E-state index contributed by atoms with van der Waals surface area (Å²) in [6.45, 7) is 6.36. The quantitative estimate of drug-likeness (QED) is 0.431. The Bertz CT molecular complexity index is 1220. The molecule has 1 atom stereocenters. The number of fused-ring (bicyclic) bond motifs is 1. The number of carbonyl (C=O) groups excluding carboxylic acids is 2. The van der Waals surface area contributed by atoms with Crippen molar-refractivity contribution in [2.24, 2.45) is 0 Å². The third-order valence-electron chi connectivity index (χ3n) is 6.32. The fraction of sp³-hybridized carbons (Fsp3) is 0.357. The van der Waals surface area contributed by atoms with Gasteiger partial charge in [-0.15, -0.1) is 11.3 Å². The van der Waals surface area contributed by atoms with Gasteiger partial charge in [0.15, 0.2) is 11.5 Å². The summed E-state index contributed by atoms with van der Waals surface area (Å²) in [7, 11) is 1.59. The molecule has 1 aromatic heterocycles. The Balaban J connectivity index is 1.57. The predicted molar refractivity (Wildman–Crippen MR) is 138 cm³/mol. The van der Waals surface area contributed by atoms with Crippen LogP contribution in [0.4, 0.5) is 4.39 Å². The summed E-state index contributed by atoms with van der Waals surface area (Å²) in [6, 6.07) is 14.6. The Hall–Kier alpha value is -3.39. The number of rotatable bonds is 7. The number of nitrogens with zero attached hydrogens (tertiary/aromatic N) is 2. The number of carbonyl (C=O) groups is 2. The molecule has 2 amide bonds. The van der Waals surface area contributed by atoms with Gasteiger partial charge in [-0.3, -0.25) is 9.59 Å². The van der Waals surface area contributed by atoms with E-state index in [1.807, 2.05) is 56.5 Å². The molecule has 0 spiro atoms. The number of hydrogen-bond donors (Lipinski definition) is 0. The fourth-order valence-corrected chi connectivity index (χ4v) is 5.30. The molecule has 190 valence electrons. The molecule has 0 fully saturated rings. The van der Waals surface area contributed by atoms with Gasteiger partial charge >= 0.3 is 0 Å². The van der Waals surface area contributed by atoms with Crippen LogP contribution in [0, 0.1) is 5.82 Å². The van der Waals surface area contributed by atoms with Crippen LogP contribution >= 0.6 is 11.3 Å². The van der Waals surface area contributed by atoms with Gasteiger partial charge in [0.05, 0.1) is 13.2 Å². The first-order valence-electron chi connectivity index (χ1n) is 11.9. The van der Waals surface area contributed by atoms with Crippen LogP contribution in [-0.4, -0.2) is 54.0 Å². The Morgan fingerprint density at radius 1 is 1.08 bits per heavy atom. The monoisotopic (exact) mass is 510 g/mol. The minimum atomic E-state index is -0.617. The van der Waals surface area contributed by atoms with Gasteiger partial charge in [0.1, 0.15) is 19.0 Å². The second-order valence-electron chi connectivity index (χ2n) is 9.68. The van der Waals surface area contributed by atoms with E-state index in [0.29, 0.717) is 23.6 Å². The van der Waals surface area contributed by atoms with Crippen LogP contribution in [0.2, 0.25) is 0 Å². The maximum atomic E-state index is 13.7. The average molecular weight is 511 g/mol. The van der Waals surface area contributed by atoms with Gasteiger partial charge in [0.2, 0.25) is 5.91 Å². The van der Waals surface area contributed by atoms with E-state index in [-0.39, 0.29) is 31.0 Å². The van der Waals surface area contributed by atoms with E-state index >= 15 is 0 Å². The van der Waals surface area contributed by atoms with Gasteiger partial charge in [-0.25, -0.2) is 4.39 Å². The van der Waals surface area contributed by atoms with E-state index in [9.17, 15) is 14.0 Å². The maximum Gasteiger partial charge on any atom is 0.254 e. The molecular formula is C28H31FN2O4S. The van der Waals surface area contributed by atoms with Crippen molar-refractivity contribution in [1.29, 1.82) is 0 Å². The number of para-hydroxylation sites is 2. The van der Waals surface area contributed by atoms with Crippen LogP contribution in [0.3, 0.4) is 0 Å². The molecule has 2 aromatic carbocycles. The second kappa shape index (κ2) is 10.7. The first-order valence-corrected chi connectivity index (χ1v) is 12.8. The SMILES string of the molecule is COc1ccccc1OC[C@H]1c2ccsc2CCN1C(=O)CN(C(=O)c1ccc(F)cc1)C(C)(C)C. The van der Waals surface area contributed by atoms with E-state index in [1.54, 1.807) is 28.2 Å². The summed E-state index contributed by atoms with van der Waals surface area (Å²) < 4.78 is 25.0. The van der Waals surface area contributed by atoms with E-state index < -0.39 is 11.4 Å². The largest absolute Gasteiger partial charge is 0.493 e. The zero-order valence-electron chi connectivity index (χ0n) is 21.0. The third-order valence-corrected chi connectivity index (χ3v) is 7.32. The summed E-state index contributed by atoms with van der Waals surface area (Å²) in [4.78, 5) is 31.6. The molecule has 0 aliphatic carbocycles. The summed E-state index contributed by atoms with van der Waals surface area (Å²) in [5.74, 6) is 0.345. The summed E-state index contributed by atoms with van der Waals surface area (Å²) in [5.41, 5.74) is 0.795. The molecular weight excluding hydrogens is 479 g/mol. The molecule has 3 aromatic rings. The van der Waals surface area contributed by atoms with E-state index in [4.69, 9.17) is 9.47 Å². The Morgan fingerprint density at radius 2 is 1.78 bits per heavy atom. The highest BCUT2D eigenvalue weighted by molar-refractivity contribution is 7.10. The molecule has 4 rings (SSSR count). The predicted octanol–water partition coefficient (Wildman–Crippen LogP) is 5.34. The topological polar surface area (TPSA) is 59.1 Å². The van der Waals surface area contributed by atoms with Gasteiger partial charge in [-0.2, -0.15) is 0 Å². The molecule has 0 N–H and O–H groups in total. The molecule has 0 radical (unpaired) electrons. The highest BCUT2D eigenvalue weighted by Crippen LogP contribution is 2.35. The van der Waals surface area contributed by atoms with E-state index in [1.165, 1.54) is 29.1 Å². The molecule has 1 aliphatic heterocycles. The van der Waals surface area contributed by atoms with Gasteiger partial charge < -0.3 is 19.3 Å². The highest BCUT2D eigenvalue weighted by Gasteiger charge is 2.36. The Kier molecular flexibility index (Phi) is 7.64. The number of ether oxygens (including phenoxy) is 2. The average Bonchev–Trinajstić information content (AvgIpc) is 3.34. The lowest BCUT2D eigenvalue weighted by Gasteiger charge is -2.40. The zero-order valence-corrected chi connectivity index (χ0v) is 21.8. The number of thiophene rings is 1. The molecule has 6 nitrogen and oxygen atoms in total. The lowest BCUT2D eigenvalue weighted by Crippen LogP contribution is -2.53. The molecule has 0 unspecified atom stereocenters. The zero-order chi connectivity index (χ0) is 25.9. The minimum Gasteiger partial charge on any atom is -0.493 e. The van der Waals surface area contributed by atoms with Crippen LogP contribution in [0.25, 0.3) is 0 Å². The number of halogens is 1. The summed E-state index contributed by atoms with van der Waals surface area (Å²) in [5, 5.41) is 2.04. The lowest BCUT2D eigenvalue weighted by molar-refractivity contribution is -0.136. The second-order valence-corrected chi connectivity index (χ2v) is 10.7. The molecule has 1 aliphatic rings. The number of amides is 2. The molecule has 36 heavy (non-hydrogen) atoms. The number of hydrogen-bond acceptors (Lipinski definition) is 5. The van der Waals surface area contributed by atoms with Crippen LogP contribution in [0.15, 0.2) is 60.0 Å². The van der Waals surface area contributed by atoms with Crippen molar-refractivity contribution in [3.8, 4) is 11.5 Å². The van der Waals surface area contributed by atoms with Crippen molar-refractivity contribution in [3.63, 3.8) is 0 Å². The van der Waals surface area contributed by atoms with Crippen molar-refractivity contribution >= 4 is 23.2 Å². The van der Waals surface area contributed by atoms with Crippen molar-refractivity contribution in [2.75, 3.05) is 26.8 Å². The molecule has 0 saturated carbocycles. The maximum absolute atomic E-state index is 13.7. The third kappa shape index (κ3) is 5.54. The van der Waals surface area contributed by atoms with E-state index in [0.717, 1.165) is 12.0 Å². The molecule has 0 bridgehead atoms. The van der Waals surface area contributed by atoms with E-state index in [2.05, 4.69) is 0 Å². The van der Waals surface area contributed by atoms with Gasteiger partial charge in [0.25, 0.3) is 5.91 Å². The van der Waals surface area contributed by atoms with Crippen LogP contribution < -0.4 is 9.47 Å². The van der Waals surface area contributed by atoms with Gasteiger partial charge in [-0.1, -0.05) is 12.1 Å². The smallest absolute Gasteiger partial charge is 0.254 e. The highest BCUT2D eigenvalue weighted by atomic mass is 32.1. The number of benzene rings is 2. The molecule has 8 heteroatoms. The van der Waals surface area contributed by atoms with Gasteiger partial charge in [0, 0.05) is 22.5 Å². The normalized spacial score (nSPS) is 15.2. The lowest BCUT2D eigenvalue weighted by atomic mass is 9.99. The Labute approximate surface area is 215 Å². The minimum absolute atomic E-state index is 0.0929. The van der Waals surface area contributed by atoms with Crippen molar-refractivity contribution < 1.29 is 23.5 Å².